The summed E-state index contributed by atoms with van der Waals surface area (Å²) < 4.78 is 0. The molecule has 18 heavy (non-hydrogen) atoms. The fraction of sp³-hybridized carbons (Fsp3) is 0.533. The first kappa shape index (κ1) is 14.6. The molecule has 0 bridgehead atoms. The lowest BCUT2D eigenvalue weighted by Crippen LogP contribution is -2.36. The van der Waals surface area contributed by atoms with Crippen molar-refractivity contribution in [2.75, 3.05) is 11.9 Å². The molecule has 1 rings (SSSR count). The first-order valence-electron chi connectivity index (χ1n) is 6.60. The van der Waals surface area contributed by atoms with Gasteiger partial charge in [-0.15, -0.1) is 0 Å². The average molecular weight is 248 g/mol. The molecule has 0 aliphatic carbocycles. The van der Waals surface area contributed by atoms with Crippen molar-refractivity contribution in [1.82, 2.24) is 5.32 Å². The van der Waals surface area contributed by atoms with E-state index in [9.17, 15) is 4.79 Å². The zero-order valence-corrected chi connectivity index (χ0v) is 11.7. The Labute approximate surface area is 110 Å². The van der Waals surface area contributed by atoms with Gasteiger partial charge in [-0.2, -0.15) is 0 Å². The van der Waals surface area contributed by atoms with Gasteiger partial charge in [-0.25, -0.2) is 4.79 Å². The summed E-state index contributed by atoms with van der Waals surface area (Å²) in [6.07, 6.45) is 0. The van der Waals surface area contributed by atoms with Gasteiger partial charge in [0.1, 0.15) is 0 Å². The molecule has 0 fully saturated rings. The number of carbonyl (C=O) groups is 1. The summed E-state index contributed by atoms with van der Waals surface area (Å²) in [7, 11) is 0. The number of amides is 2. The molecule has 0 radical (unpaired) electrons. The lowest BCUT2D eigenvalue weighted by molar-refractivity contribution is 0.239. The number of carbonyl (C=O) groups excluding carboxylic acids is 1. The van der Waals surface area contributed by atoms with E-state index in [1.165, 1.54) is 0 Å². The number of rotatable bonds is 5. The van der Waals surface area contributed by atoms with Crippen LogP contribution in [0.2, 0.25) is 0 Å². The predicted molar refractivity (Wildman–Crippen MR) is 76.6 cm³/mol. The number of nitrogens with one attached hydrogen (secondary N) is 2. The molecule has 0 heterocycles. The summed E-state index contributed by atoms with van der Waals surface area (Å²) in [6, 6.07) is 9.36. The maximum atomic E-state index is 11.7. The predicted octanol–water partition coefficient (Wildman–Crippen LogP) is 3.74. The maximum absolute atomic E-state index is 11.7. The summed E-state index contributed by atoms with van der Waals surface area (Å²) in [5, 5.41) is 5.77. The van der Waals surface area contributed by atoms with Crippen molar-refractivity contribution in [2.24, 2.45) is 17.8 Å². The van der Waals surface area contributed by atoms with Crippen molar-refractivity contribution in [3.05, 3.63) is 30.3 Å². The lowest BCUT2D eigenvalue weighted by Gasteiger charge is -2.25. The van der Waals surface area contributed by atoms with E-state index in [-0.39, 0.29) is 6.03 Å². The van der Waals surface area contributed by atoms with E-state index in [0.717, 1.165) is 5.69 Å². The van der Waals surface area contributed by atoms with Gasteiger partial charge in [0.2, 0.25) is 0 Å². The number of hydrogen-bond donors (Lipinski definition) is 2. The van der Waals surface area contributed by atoms with E-state index in [4.69, 9.17) is 0 Å². The van der Waals surface area contributed by atoms with Crippen molar-refractivity contribution in [2.45, 2.75) is 27.7 Å². The molecule has 2 amide bonds. The standard InChI is InChI=1S/C15H24N2O/c1-11(2)14(12(3)4)10-16-15(18)17-13-8-6-5-7-9-13/h5-9,11-12,14H,10H2,1-4H3,(H2,16,17,18). The molecule has 0 atom stereocenters. The molecule has 1 aromatic carbocycles. The number of benzene rings is 1. The minimum atomic E-state index is -0.132. The fourth-order valence-electron chi connectivity index (χ4n) is 2.15. The molecule has 0 saturated heterocycles. The highest BCUT2D eigenvalue weighted by Crippen LogP contribution is 2.19. The SMILES string of the molecule is CC(C)C(CNC(=O)Nc1ccccc1)C(C)C. The van der Waals surface area contributed by atoms with E-state index in [1.54, 1.807) is 0 Å². The van der Waals surface area contributed by atoms with Crippen LogP contribution < -0.4 is 10.6 Å². The molecule has 3 heteroatoms. The highest BCUT2D eigenvalue weighted by molar-refractivity contribution is 5.89. The van der Waals surface area contributed by atoms with E-state index in [0.29, 0.717) is 24.3 Å². The van der Waals surface area contributed by atoms with Crippen molar-refractivity contribution >= 4 is 11.7 Å². The smallest absolute Gasteiger partial charge is 0.319 e. The van der Waals surface area contributed by atoms with Crippen LogP contribution in [-0.4, -0.2) is 12.6 Å². The van der Waals surface area contributed by atoms with Crippen LogP contribution in [0.4, 0.5) is 10.5 Å². The Hall–Kier alpha value is -1.51. The van der Waals surface area contributed by atoms with Gasteiger partial charge in [0.25, 0.3) is 0 Å². The lowest BCUT2D eigenvalue weighted by atomic mass is 9.85. The molecule has 0 aliphatic heterocycles. The van der Waals surface area contributed by atoms with Crippen LogP contribution in [0.1, 0.15) is 27.7 Å². The van der Waals surface area contributed by atoms with E-state index in [1.807, 2.05) is 30.3 Å². The Bertz CT molecular complexity index is 352. The number of urea groups is 1. The Morgan fingerprint density at radius 2 is 1.61 bits per heavy atom. The van der Waals surface area contributed by atoms with Gasteiger partial charge in [0.15, 0.2) is 0 Å². The second-order valence-corrected chi connectivity index (χ2v) is 5.35. The number of hydrogen-bond acceptors (Lipinski definition) is 1. The molecule has 0 saturated carbocycles. The molecule has 1 aromatic rings. The summed E-state index contributed by atoms with van der Waals surface area (Å²) in [5.74, 6) is 1.65. The zero-order valence-electron chi connectivity index (χ0n) is 11.7. The monoisotopic (exact) mass is 248 g/mol. The Morgan fingerprint density at radius 1 is 1.06 bits per heavy atom. The van der Waals surface area contributed by atoms with Crippen molar-refractivity contribution < 1.29 is 4.79 Å². The van der Waals surface area contributed by atoms with Crippen LogP contribution >= 0.6 is 0 Å². The van der Waals surface area contributed by atoms with Gasteiger partial charge in [-0.05, 0) is 29.9 Å². The van der Waals surface area contributed by atoms with E-state index in [2.05, 4.69) is 38.3 Å². The van der Waals surface area contributed by atoms with E-state index < -0.39 is 0 Å². The molecular weight excluding hydrogens is 224 g/mol. The number of anilines is 1. The number of para-hydroxylation sites is 1. The summed E-state index contributed by atoms with van der Waals surface area (Å²) >= 11 is 0. The highest BCUT2D eigenvalue weighted by Gasteiger charge is 2.17. The third-order valence-corrected chi connectivity index (χ3v) is 3.24. The summed E-state index contributed by atoms with van der Waals surface area (Å²) in [5.41, 5.74) is 0.820. The minimum absolute atomic E-state index is 0.132. The molecule has 100 valence electrons. The largest absolute Gasteiger partial charge is 0.338 e. The third-order valence-electron chi connectivity index (χ3n) is 3.24. The molecule has 0 spiro atoms. The van der Waals surface area contributed by atoms with Gasteiger partial charge in [-0.3, -0.25) is 0 Å². The maximum Gasteiger partial charge on any atom is 0.319 e. The van der Waals surface area contributed by atoms with Crippen LogP contribution in [0.3, 0.4) is 0 Å². The van der Waals surface area contributed by atoms with Gasteiger partial charge >= 0.3 is 6.03 Å². The Balaban J connectivity index is 2.41. The topological polar surface area (TPSA) is 41.1 Å². The van der Waals surface area contributed by atoms with Crippen molar-refractivity contribution in [3.8, 4) is 0 Å². The Morgan fingerprint density at radius 3 is 2.11 bits per heavy atom. The van der Waals surface area contributed by atoms with Crippen LogP contribution in [0.25, 0.3) is 0 Å². The first-order chi connectivity index (χ1) is 8.50. The van der Waals surface area contributed by atoms with Gasteiger partial charge in [-0.1, -0.05) is 45.9 Å². The van der Waals surface area contributed by atoms with Gasteiger partial charge in [0, 0.05) is 12.2 Å². The van der Waals surface area contributed by atoms with Gasteiger partial charge < -0.3 is 10.6 Å². The van der Waals surface area contributed by atoms with Crippen LogP contribution in [0.5, 0.6) is 0 Å². The van der Waals surface area contributed by atoms with Crippen LogP contribution in [0.15, 0.2) is 30.3 Å². The minimum Gasteiger partial charge on any atom is -0.338 e. The van der Waals surface area contributed by atoms with Crippen molar-refractivity contribution in [1.29, 1.82) is 0 Å². The normalized spacial score (nSPS) is 11.1. The molecular formula is C15H24N2O. The summed E-state index contributed by atoms with van der Waals surface area (Å²) in [4.78, 5) is 11.7. The fourth-order valence-corrected chi connectivity index (χ4v) is 2.15. The Kier molecular flexibility index (Phi) is 5.69. The highest BCUT2D eigenvalue weighted by atomic mass is 16.2. The molecule has 2 N–H and O–H groups in total. The average Bonchev–Trinajstić information content (AvgIpc) is 2.29. The molecule has 0 aliphatic rings. The molecule has 3 nitrogen and oxygen atoms in total. The van der Waals surface area contributed by atoms with Crippen LogP contribution in [-0.2, 0) is 0 Å². The van der Waals surface area contributed by atoms with Gasteiger partial charge in [0.05, 0.1) is 0 Å². The summed E-state index contributed by atoms with van der Waals surface area (Å²) in [6.45, 7) is 9.50. The van der Waals surface area contributed by atoms with E-state index >= 15 is 0 Å². The first-order valence-corrected chi connectivity index (χ1v) is 6.60. The third kappa shape index (κ3) is 4.78. The second-order valence-electron chi connectivity index (χ2n) is 5.35. The zero-order chi connectivity index (χ0) is 13.5. The molecule has 0 aromatic heterocycles. The molecule has 0 unspecified atom stereocenters. The van der Waals surface area contributed by atoms with Crippen LogP contribution in [0, 0.1) is 17.8 Å². The second kappa shape index (κ2) is 7.04. The quantitative estimate of drug-likeness (QED) is 0.819. The van der Waals surface area contributed by atoms with Crippen molar-refractivity contribution in [3.63, 3.8) is 0 Å².